The third-order valence-corrected chi connectivity index (χ3v) is 9.65. The fraction of sp³-hybridized carbons (Fsp3) is 0.472. The molecule has 46 heavy (non-hydrogen) atoms. The molecule has 2 aromatic heterocycles. The van der Waals surface area contributed by atoms with Crippen molar-refractivity contribution in [1.29, 1.82) is 0 Å². The third kappa shape index (κ3) is 6.28. The van der Waals surface area contributed by atoms with E-state index in [0.717, 1.165) is 60.1 Å². The Bertz CT molecular complexity index is 1830. The summed E-state index contributed by atoms with van der Waals surface area (Å²) in [4.78, 5) is 31.3. The smallest absolute Gasteiger partial charge is 0.259 e. The molecule has 1 aliphatic heterocycles. The highest BCUT2D eigenvalue weighted by Crippen LogP contribution is 2.39. The van der Waals surface area contributed by atoms with E-state index >= 15 is 0 Å². The van der Waals surface area contributed by atoms with Gasteiger partial charge in [0.25, 0.3) is 5.56 Å². The molecule has 1 unspecified atom stereocenters. The van der Waals surface area contributed by atoms with E-state index in [0.29, 0.717) is 29.9 Å². The van der Waals surface area contributed by atoms with E-state index in [4.69, 9.17) is 4.74 Å². The number of amides is 1. The fourth-order valence-corrected chi connectivity index (χ4v) is 6.77. The van der Waals surface area contributed by atoms with Gasteiger partial charge in [-0.05, 0) is 82.6 Å². The van der Waals surface area contributed by atoms with Crippen LogP contribution in [0.3, 0.4) is 0 Å². The Morgan fingerprint density at radius 3 is 2.50 bits per heavy atom. The Morgan fingerprint density at radius 2 is 1.85 bits per heavy atom. The summed E-state index contributed by atoms with van der Waals surface area (Å²) in [6.45, 7) is 9.65. The van der Waals surface area contributed by atoms with Gasteiger partial charge in [0, 0.05) is 23.6 Å². The molecule has 0 saturated heterocycles. The van der Waals surface area contributed by atoms with Crippen molar-refractivity contribution >= 4 is 17.4 Å². The second-order valence-corrected chi connectivity index (χ2v) is 13.6. The van der Waals surface area contributed by atoms with Gasteiger partial charge in [-0.15, -0.1) is 0 Å². The number of ether oxygens (including phenoxy) is 1. The maximum absolute atomic E-state index is 14.6. The van der Waals surface area contributed by atoms with Crippen molar-refractivity contribution in [1.82, 2.24) is 24.6 Å². The van der Waals surface area contributed by atoms with Crippen LogP contribution in [0.5, 0.6) is 0 Å². The minimum atomic E-state index is -0.940. The summed E-state index contributed by atoms with van der Waals surface area (Å²) in [5.41, 5.74) is 7.38. The lowest BCUT2D eigenvalue weighted by molar-refractivity contribution is -0.163. The van der Waals surface area contributed by atoms with Crippen molar-refractivity contribution < 1.29 is 14.6 Å². The molecule has 0 bridgehead atoms. The zero-order chi connectivity index (χ0) is 32.6. The van der Waals surface area contributed by atoms with Crippen molar-refractivity contribution in [3.05, 3.63) is 87.6 Å². The van der Waals surface area contributed by atoms with E-state index in [2.05, 4.69) is 52.7 Å². The molecule has 1 atom stereocenters. The highest BCUT2D eigenvalue weighted by atomic mass is 16.5. The van der Waals surface area contributed by atoms with Crippen molar-refractivity contribution in [2.24, 2.45) is 5.10 Å². The van der Waals surface area contributed by atoms with Crippen LogP contribution in [0.1, 0.15) is 102 Å². The molecule has 10 heteroatoms. The van der Waals surface area contributed by atoms with Gasteiger partial charge < -0.3 is 9.84 Å². The van der Waals surface area contributed by atoms with Crippen LogP contribution in [0.15, 0.2) is 64.8 Å². The number of hydrogen-bond donors (Lipinski definition) is 2. The summed E-state index contributed by atoms with van der Waals surface area (Å²) in [6.07, 6.45) is 6.40. The minimum Gasteiger partial charge on any atom is -0.388 e. The van der Waals surface area contributed by atoms with Gasteiger partial charge in [0.15, 0.2) is 0 Å². The van der Waals surface area contributed by atoms with Gasteiger partial charge in [-0.2, -0.15) is 15.2 Å². The predicted molar refractivity (Wildman–Crippen MR) is 178 cm³/mol. The van der Waals surface area contributed by atoms with Crippen LogP contribution >= 0.6 is 0 Å². The van der Waals surface area contributed by atoms with E-state index in [1.807, 2.05) is 46.3 Å². The SMILES string of the molecule is CCCc1c(Cc2ccc(-c3ccccc3)c(C3=NNC(=O)C3)c2)c(=O)n(C2CCC(C)(OC(C)C(C)(C)O)CC2)c2ncnn12. The van der Waals surface area contributed by atoms with E-state index in [9.17, 15) is 14.7 Å². The van der Waals surface area contributed by atoms with Crippen LogP contribution in [-0.4, -0.2) is 53.2 Å². The molecule has 3 heterocycles. The first kappa shape index (κ1) is 31.8. The van der Waals surface area contributed by atoms with Crippen molar-refractivity contribution in [3.63, 3.8) is 0 Å². The molecule has 1 amide bonds. The number of carbonyl (C=O) groups is 1. The van der Waals surface area contributed by atoms with Gasteiger partial charge >= 0.3 is 0 Å². The van der Waals surface area contributed by atoms with E-state index in [-0.39, 0.29) is 35.6 Å². The molecule has 6 rings (SSSR count). The maximum Gasteiger partial charge on any atom is 0.259 e. The lowest BCUT2D eigenvalue weighted by atomic mass is 9.82. The molecule has 242 valence electrons. The Hall–Kier alpha value is -4.15. The summed E-state index contributed by atoms with van der Waals surface area (Å²) in [5.74, 6) is 0.439. The third-order valence-electron chi connectivity index (χ3n) is 9.65. The molecule has 0 radical (unpaired) electrons. The summed E-state index contributed by atoms with van der Waals surface area (Å²) >= 11 is 0. The molecular formula is C36H44N6O4. The number of aliphatic hydroxyl groups is 1. The molecule has 2 N–H and O–H groups in total. The number of hydrazone groups is 1. The average Bonchev–Trinajstić information content (AvgIpc) is 3.69. The number of nitrogens with zero attached hydrogens (tertiary/aromatic N) is 5. The van der Waals surface area contributed by atoms with Gasteiger partial charge in [0.1, 0.15) is 6.33 Å². The molecular weight excluding hydrogens is 580 g/mol. The topological polar surface area (TPSA) is 123 Å². The van der Waals surface area contributed by atoms with Crippen LogP contribution in [0, 0.1) is 0 Å². The Balaban J connectivity index is 1.38. The van der Waals surface area contributed by atoms with Crippen LogP contribution in [0.2, 0.25) is 0 Å². The second-order valence-electron chi connectivity index (χ2n) is 13.6. The summed E-state index contributed by atoms with van der Waals surface area (Å²) in [5, 5.41) is 19.4. The Labute approximate surface area is 269 Å². The van der Waals surface area contributed by atoms with Crippen LogP contribution in [0.25, 0.3) is 16.9 Å². The lowest BCUT2D eigenvalue weighted by Crippen LogP contribution is -2.45. The monoisotopic (exact) mass is 624 g/mol. The van der Waals surface area contributed by atoms with Gasteiger partial charge in [0.05, 0.1) is 35.1 Å². The number of aryl methyl sites for hydroxylation is 1. The molecule has 2 aliphatic rings. The molecule has 0 spiro atoms. The number of nitrogens with one attached hydrogen (secondary N) is 1. The second kappa shape index (κ2) is 12.6. The van der Waals surface area contributed by atoms with Crippen LogP contribution < -0.4 is 11.0 Å². The number of carbonyl (C=O) groups excluding carboxylic acids is 1. The number of fused-ring (bicyclic) bond motifs is 1. The van der Waals surface area contributed by atoms with Gasteiger partial charge in [0.2, 0.25) is 11.7 Å². The molecule has 1 fully saturated rings. The van der Waals surface area contributed by atoms with Gasteiger partial charge in [-0.3, -0.25) is 14.2 Å². The average molecular weight is 625 g/mol. The molecule has 1 aliphatic carbocycles. The van der Waals surface area contributed by atoms with Gasteiger partial charge in [-0.25, -0.2) is 9.94 Å². The largest absolute Gasteiger partial charge is 0.388 e. The highest BCUT2D eigenvalue weighted by Gasteiger charge is 2.38. The van der Waals surface area contributed by atoms with Crippen molar-refractivity contribution in [2.45, 2.75) is 109 Å². The molecule has 2 aromatic carbocycles. The quantitative estimate of drug-likeness (QED) is 0.244. The Kier molecular flexibility index (Phi) is 8.69. The number of hydrogen-bond acceptors (Lipinski definition) is 7. The first-order valence-corrected chi connectivity index (χ1v) is 16.4. The highest BCUT2D eigenvalue weighted by molar-refractivity contribution is 6.16. The first-order chi connectivity index (χ1) is 22.0. The number of aromatic nitrogens is 4. The van der Waals surface area contributed by atoms with Crippen molar-refractivity contribution in [3.8, 4) is 11.1 Å². The van der Waals surface area contributed by atoms with E-state index in [1.165, 1.54) is 6.33 Å². The van der Waals surface area contributed by atoms with E-state index < -0.39 is 5.60 Å². The summed E-state index contributed by atoms with van der Waals surface area (Å²) < 4.78 is 10.1. The molecule has 1 saturated carbocycles. The number of rotatable bonds is 10. The van der Waals surface area contributed by atoms with E-state index in [1.54, 1.807) is 13.8 Å². The standard InChI is InChI=1S/C36H44N6O4/c1-6-10-31-29(20-24-13-14-27(25-11-8-7-9-12-25)28(19-24)30-21-32(43)40-39-30)33(44)41(34-37-22-38-42(31)34)26-15-17-36(5,18-16-26)46-23(2)35(3,4)45/h7-9,11-14,19,22-23,26,45H,6,10,15-18,20-21H2,1-5H3,(H,40,43). The van der Waals surface area contributed by atoms with Crippen LogP contribution in [0.4, 0.5) is 0 Å². The normalized spacial score (nSPS) is 21.0. The van der Waals surface area contributed by atoms with Crippen LogP contribution in [-0.2, 0) is 22.4 Å². The summed E-state index contributed by atoms with van der Waals surface area (Å²) in [7, 11) is 0. The predicted octanol–water partition coefficient (Wildman–Crippen LogP) is 5.38. The molecule has 4 aromatic rings. The fourth-order valence-electron chi connectivity index (χ4n) is 6.77. The zero-order valence-corrected chi connectivity index (χ0v) is 27.4. The maximum atomic E-state index is 14.6. The lowest BCUT2D eigenvalue weighted by Gasteiger charge is -2.42. The van der Waals surface area contributed by atoms with Gasteiger partial charge in [-0.1, -0.05) is 55.8 Å². The minimum absolute atomic E-state index is 0.0351. The first-order valence-electron chi connectivity index (χ1n) is 16.4. The Morgan fingerprint density at radius 1 is 1.11 bits per heavy atom. The van der Waals surface area contributed by atoms with Crippen molar-refractivity contribution in [2.75, 3.05) is 0 Å². The molecule has 10 nitrogen and oxygen atoms in total. The number of benzene rings is 2. The summed E-state index contributed by atoms with van der Waals surface area (Å²) in [6, 6.07) is 16.2. The zero-order valence-electron chi connectivity index (χ0n) is 27.4.